The Balaban J connectivity index is 1.27. The minimum absolute atomic E-state index is 0.0903. The van der Waals surface area contributed by atoms with E-state index >= 15 is 0 Å². The number of carbonyl (C=O) groups is 2. The van der Waals surface area contributed by atoms with Gasteiger partial charge in [-0.1, -0.05) is 6.07 Å². The van der Waals surface area contributed by atoms with Crippen molar-refractivity contribution in [1.82, 2.24) is 4.90 Å². The van der Waals surface area contributed by atoms with Gasteiger partial charge in [0.1, 0.15) is 19.0 Å². The van der Waals surface area contributed by atoms with Crippen LogP contribution in [0.2, 0.25) is 0 Å². The molecule has 2 heterocycles. The van der Waals surface area contributed by atoms with Crippen LogP contribution < -0.4 is 19.1 Å². The van der Waals surface area contributed by atoms with Crippen molar-refractivity contribution in [3.8, 4) is 17.2 Å². The first-order valence-corrected chi connectivity index (χ1v) is 13.0. The molecule has 1 unspecified atom stereocenters. The van der Waals surface area contributed by atoms with Crippen molar-refractivity contribution in [2.45, 2.75) is 17.7 Å². The molecule has 34 heavy (non-hydrogen) atoms. The molecule has 0 spiro atoms. The fourth-order valence-corrected chi connectivity index (χ4v) is 4.69. The first-order valence-electron chi connectivity index (χ1n) is 11.1. The second-order valence-corrected chi connectivity index (χ2v) is 10.5. The highest BCUT2D eigenvalue weighted by molar-refractivity contribution is 7.90. The van der Waals surface area contributed by atoms with Crippen LogP contribution >= 0.6 is 0 Å². The quantitative estimate of drug-likeness (QED) is 0.525. The first kappa shape index (κ1) is 23.9. The zero-order valence-electron chi connectivity index (χ0n) is 19.2. The molecule has 4 rings (SSSR count). The number of hydrogen-bond donors (Lipinski definition) is 0. The molecule has 182 valence electrons. The predicted molar refractivity (Wildman–Crippen MR) is 125 cm³/mol. The van der Waals surface area contributed by atoms with Crippen LogP contribution in [0.1, 0.15) is 12.8 Å². The van der Waals surface area contributed by atoms with E-state index in [2.05, 4.69) is 0 Å². The highest BCUT2D eigenvalue weighted by Crippen LogP contribution is 2.36. The summed E-state index contributed by atoms with van der Waals surface area (Å²) in [6.07, 6.45) is 1.87. The minimum Gasteiger partial charge on any atom is -0.493 e. The zero-order valence-corrected chi connectivity index (χ0v) is 20.0. The van der Waals surface area contributed by atoms with E-state index in [0.29, 0.717) is 62.3 Å². The van der Waals surface area contributed by atoms with Crippen LogP contribution in [-0.4, -0.2) is 71.3 Å². The number of amides is 2. The maximum absolute atomic E-state index is 12.9. The number of nitrogens with zero attached hydrogens (tertiary/aromatic N) is 2. The van der Waals surface area contributed by atoms with Gasteiger partial charge in [-0.2, -0.15) is 0 Å². The lowest BCUT2D eigenvalue weighted by molar-refractivity contribution is -0.134. The predicted octanol–water partition coefficient (Wildman–Crippen LogP) is 2.14. The molecule has 0 N–H and O–H groups in total. The smallest absolute Gasteiger partial charge is 0.227 e. The van der Waals surface area contributed by atoms with Gasteiger partial charge >= 0.3 is 0 Å². The number of carbonyl (C=O) groups excluding carboxylic acids is 2. The van der Waals surface area contributed by atoms with E-state index in [0.717, 1.165) is 6.26 Å². The molecule has 2 amide bonds. The number of fused-ring (bicyclic) bond motifs is 1. The van der Waals surface area contributed by atoms with Gasteiger partial charge in [-0.25, -0.2) is 8.42 Å². The van der Waals surface area contributed by atoms with Crippen molar-refractivity contribution >= 4 is 27.3 Å². The Morgan fingerprint density at radius 2 is 1.91 bits per heavy atom. The molecular weight excluding hydrogens is 460 g/mol. The summed E-state index contributed by atoms with van der Waals surface area (Å²) in [5.41, 5.74) is 0.692. The lowest BCUT2D eigenvalue weighted by Gasteiger charge is -2.23. The van der Waals surface area contributed by atoms with Crippen molar-refractivity contribution in [1.29, 1.82) is 0 Å². The van der Waals surface area contributed by atoms with Crippen molar-refractivity contribution in [2.75, 3.05) is 51.1 Å². The molecule has 2 aromatic carbocycles. The topological polar surface area (TPSA) is 102 Å². The Hall–Kier alpha value is -3.27. The number of ether oxygens (including phenoxy) is 3. The number of benzene rings is 2. The second kappa shape index (κ2) is 9.92. The van der Waals surface area contributed by atoms with E-state index < -0.39 is 15.8 Å². The van der Waals surface area contributed by atoms with Gasteiger partial charge in [0, 0.05) is 44.6 Å². The normalized spacial score (nSPS) is 17.5. The first-order chi connectivity index (χ1) is 16.2. The number of anilines is 1. The van der Waals surface area contributed by atoms with Crippen LogP contribution in [0, 0.1) is 5.92 Å². The van der Waals surface area contributed by atoms with E-state index in [4.69, 9.17) is 14.2 Å². The van der Waals surface area contributed by atoms with E-state index in [-0.39, 0.29) is 23.1 Å². The highest BCUT2D eigenvalue weighted by Gasteiger charge is 2.36. The molecule has 0 radical (unpaired) electrons. The molecule has 1 atom stereocenters. The molecule has 0 bridgehead atoms. The third kappa shape index (κ3) is 5.44. The fourth-order valence-electron chi connectivity index (χ4n) is 4.03. The molecule has 0 aliphatic carbocycles. The summed E-state index contributed by atoms with van der Waals surface area (Å²) in [5.74, 6) is 1.11. The molecule has 2 aliphatic rings. The van der Waals surface area contributed by atoms with E-state index in [9.17, 15) is 18.0 Å². The van der Waals surface area contributed by atoms with Gasteiger partial charge in [0.25, 0.3) is 0 Å². The molecule has 2 aliphatic heterocycles. The van der Waals surface area contributed by atoms with Crippen molar-refractivity contribution < 1.29 is 32.2 Å². The standard InChI is InChI=1S/C24H28N2O7S/c1-25(9-4-10-31-19-5-3-6-20(15-19)34(2,29)30)24(28)17-13-23(27)26(16-17)18-7-8-21-22(14-18)33-12-11-32-21/h3,5-8,14-15,17H,4,9-13,16H2,1-2H3. The maximum Gasteiger partial charge on any atom is 0.227 e. The van der Waals surface area contributed by atoms with Gasteiger partial charge in [0.2, 0.25) is 11.8 Å². The second-order valence-electron chi connectivity index (χ2n) is 8.44. The lowest BCUT2D eigenvalue weighted by Crippen LogP contribution is -2.35. The molecule has 1 saturated heterocycles. The largest absolute Gasteiger partial charge is 0.493 e. The molecule has 2 aromatic rings. The Labute approximate surface area is 199 Å². The van der Waals surface area contributed by atoms with Gasteiger partial charge in [0.15, 0.2) is 21.3 Å². The number of rotatable bonds is 8. The Morgan fingerprint density at radius 3 is 2.68 bits per heavy atom. The number of hydrogen-bond acceptors (Lipinski definition) is 7. The Morgan fingerprint density at radius 1 is 1.15 bits per heavy atom. The van der Waals surface area contributed by atoms with Crippen molar-refractivity contribution in [3.05, 3.63) is 42.5 Å². The van der Waals surface area contributed by atoms with Crippen LogP contribution in [-0.2, 0) is 19.4 Å². The molecular formula is C24H28N2O7S. The van der Waals surface area contributed by atoms with Gasteiger partial charge in [0.05, 0.1) is 17.4 Å². The zero-order chi connectivity index (χ0) is 24.3. The van der Waals surface area contributed by atoms with E-state index in [1.54, 1.807) is 47.2 Å². The average Bonchev–Trinajstić information content (AvgIpc) is 3.22. The van der Waals surface area contributed by atoms with Crippen LogP contribution in [0.4, 0.5) is 5.69 Å². The van der Waals surface area contributed by atoms with Gasteiger partial charge in [-0.3, -0.25) is 9.59 Å². The molecule has 0 aromatic heterocycles. The molecule has 1 fully saturated rings. The Bertz CT molecular complexity index is 1180. The molecule has 10 heteroatoms. The summed E-state index contributed by atoms with van der Waals surface area (Å²) in [5, 5.41) is 0. The summed E-state index contributed by atoms with van der Waals surface area (Å²) >= 11 is 0. The van der Waals surface area contributed by atoms with Crippen molar-refractivity contribution in [2.24, 2.45) is 5.92 Å². The maximum atomic E-state index is 12.9. The van der Waals surface area contributed by atoms with Crippen molar-refractivity contribution in [3.63, 3.8) is 0 Å². The minimum atomic E-state index is -3.30. The highest BCUT2D eigenvalue weighted by atomic mass is 32.2. The van der Waals surface area contributed by atoms with Gasteiger partial charge in [-0.05, 0) is 36.8 Å². The lowest BCUT2D eigenvalue weighted by atomic mass is 10.1. The third-order valence-corrected chi connectivity index (χ3v) is 6.94. The summed E-state index contributed by atoms with van der Waals surface area (Å²) in [7, 11) is -1.59. The third-order valence-electron chi connectivity index (χ3n) is 5.83. The summed E-state index contributed by atoms with van der Waals surface area (Å²) in [6, 6.07) is 11.7. The SMILES string of the molecule is CN(CCCOc1cccc(S(C)(=O)=O)c1)C(=O)C1CC(=O)N(c2ccc3c(c2)OCCO3)C1. The van der Waals surface area contributed by atoms with Crippen LogP contribution in [0.15, 0.2) is 47.4 Å². The van der Waals surface area contributed by atoms with Gasteiger partial charge in [-0.15, -0.1) is 0 Å². The fraction of sp³-hybridized carbons (Fsp3) is 0.417. The summed E-state index contributed by atoms with van der Waals surface area (Å²) in [4.78, 5) is 29.0. The molecule has 9 nitrogen and oxygen atoms in total. The van der Waals surface area contributed by atoms with Crippen LogP contribution in [0.3, 0.4) is 0 Å². The monoisotopic (exact) mass is 488 g/mol. The van der Waals surface area contributed by atoms with E-state index in [1.165, 1.54) is 12.1 Å². The Kier molecular flexibility index (Phi) is 6.97. The van der Waals surface area contributed by atoms with Crippen LogP contribution in [0.5, 0.6) is 17.2 Å². The molecule has 0 saturated carbocycles. The number of sulfone groups is 1. The van der Waals surface area contributed by atoms with Crippen LogP contribution in [0.25, 0.3) is 0 Å². The average molecular weight is 489 g/mol. The summed E-state index contributed by atoms with van der Waals surface area (Å²) in [6.45, 7) is 2.06. The van der Waals surface area contributed by atoms with E-state index in [1.807, 2.05) is 0 Å². The summed E-state index contributed by atoms with van der Waals surface area (Å²) < 4.78 is 40.1. The van der Waals surface area contributed by atoms with Gasteiger partial charge < -0.3 is 24.0 Å².